The second-order valence-electron chi connectivity index (χ2n) is 6.06. The van der Waals surface area contributed by atoms with Crippen molar-refractivity contribution in [3.05, 3.63) is 71.8 Å². The normalized spacial score (nSPS) is 18.8. The predicted molar refractivity (Wildman–Crippen MR) is 86.7 cm³/mol. The average Bonchev–Trinajstić information content (AvgIpc) is 2.86. The Morgan fingerprint density at radius 2 is 1.60 bits per heavy atom. The molecular weight excluding hydrogens is 329 g/mol. The highest BCUT2D eigenvalue weighted by Crippen LogP contribution is 2.57. The van der Waals surface area contributed by atoms with Gasteiger partial charge in [0, 0.05) is 29.1 Å². The minimum Gasteiger partial charge on any atom is -0.372 e. The Labute approximate surface area is 141 Å². The lowest BCUT2D eigenvalue weighted by Crippen LogP contribution is -2.41. The Morgan fingerprint density at radius 3 is 2.28 bits per heavy atom. The number of aromatic nitrogens is 2. The van der Waals surface area contributed by atoms with Gasteiger partial charge in [-0.25, -0.2) is 9.97 Å². The molecule has 1 unspecified atom stereocenters. The van der Waals surface area contributed by atoms with Crippen LogP contribution in [0.15, 0.2) is 55.1 Å². The van der Waals surface area contributed by atoms with Crippen LogP contribution in [0.5, 0.6) is 0 Å². The number of hydrogen-bond donors (Lipinski definition) is 1. The summed E-state index contributed by atoms with van der Waals surface area (Å²) in [4.78, 5) is 7.95. The Bertz CT molecular complexity index is 970. The zero-order valence-corrected chi connectivity index (χ0v) is 13.2. The van der Waals surface area contributed by atoms with Gasteiger partial charge in [0.2, 0.25) is 5.60 Å². The highest BCUT2D eigenvalue weighted by molar-refractivity contribution is 5.93. The van der Waals surface area contributed by atoms with Crippen LogP contribution in [0.3, 0.4) is 0 Å². The topological polar surface area (TPSA) is 46.0 Å². The molecule has 1 aromatic heterocycles. The first-order valence-corrected chi connectivity index (χ1v) is 7.64. The number of aliphatic hydroxyl groups is 1. The first kappa shape index (κ1) is 15.8. The highest BCUT2D eigenvalue weighted by Gasteiger charge is 2.61. The van der Waals surface area contributed by atoms with Crippen LogP contribution in [0, 0.1) is 6.92 Å². The Balaban J connectivity index is 2.15. The number of aryl methyl sites for hydroxylation is 1. The van der Waals surface area contributed by atoms with Gasteiger partial charge in [-0.2, -0.15) is 13.2 Å². The fourth-order valence-electron chi connectivity index (χ4n) is 3.56. The Hall–Kier alpha value is -2.73. The van der Waals surface area contributed by atoms with Crippen molar-refractivity contribution >= 4 is 0 Å². The molecule has 6 heteroatoms. The maximum absolute atomic E-state index is 13.9. The molecule has 1 atom stereocenters. The Morgan fingerprint density at radius 1 is 0.920 bits per heavy atom. The third-order valence-corrected chi connectivity index (χ3v) is 4.65. The molecule has 3 nitrogen and oxygen atoms in total. The first-order chi connectivity index (χ1) is 11.9. The number of fused-ring (bicyclic) bond motifs is 3. The quantitative estimate of drug-likeness (QED) is 0.720. The number of alkyl halides is 3. The smallest absolute Gasteiger partial charge is 0.372 e. The van der Waals surface area contributed by atoms with E-state index in [1.807, 2.05) is 6.92 Å². The van der Waals surface area contributed by atoms with Gasteiger partial charge >= 0.3 is 6.18 Å². The summed E-state index contributed by atoms with van der Waals surface area (Å²) in [6, 6.07) is 9.03. The van der Waals surface area contributed by atoms with E-state index in [1.165, 1.54) is 24.5 Å². The van der Waals surface area contributed by atoms with E-state index in [0.717, 1.165) is 5.56 Å². The number of nitrogens with zero attached hydrogens (tertiary/aromatic N) is 2. The molecule has 3 aromatic rings. The van der Waals surface area contributed by atoms with Crippen molar-refractivity contribution in [3.8, 4) is 22.3 Å². The van der Waals surface area contributed by atoms with E-state index < -0.39 is 11.8 Å². The summed E-state index contributed by atoms with van der Waals surface area (Å²) in [5, 5.41) is 10.7. The average molecular weight is 342 g/mol. The lowest BCUT2D eigenvalue weighted by atomic mass is 9.88. The molecule has 126 valence electrons. The van der Waals surface area contributed by atoms with E-state index in [0.29, 0.717) is 22.3 Å². The van der Waals surface area contributed by atoms with Crippen LogP contribution in [-0.2, 0) is 5.60 Å². The lowest BCUT2D eigenvalue weighted by molar-refractivity contribution is -0.246. The Kier molecular flexibility index (Phi) is 3.24. The van der Waals surface area contributed by atoms with Crippen molar-refractivity contribution in [2.24, 2.45) is 0 Å². The first-order valence-electron chi connectivity index (χ1n) is 7.64. The van der Waals surface area contributed by atoms with Gasteiger partial charge < -0.3 is 5.11 Å². The molecule has 0 saturated carbocycles. The summed E-state index contributed by atoms with van der Waals surface area (Å²) in [5.74, 6) is 0. The van der Waals surface area contributed by atoms with Gasteiger partial charge in [0.15, 0.2) is 0 Å². The summed E-state index contributed by atoms with van der Waals surface area (Å²) < 4.78 is 41.6. The SMILES string of the molecule is Cc1ccc2c(c1-c1cncnc1)-c1ccccc1C2(O)C(F)(F)F. The van der Waals surface area contributed by atoms with Gasteiger partial charge in [-0.05, 0) is 29.2 Å². The van der Waals surface area contributed by atoms with Crippen molar-refractivity contribution in [2.75, 3.05) is 0 Å². The number of halogens is 3. The standard InChI is InChI=1S/C19H13F3N2O/c1-11-6-7-15-17(16(11)12-8-23-10-24-9-12)13-4-2-3-5-14(13)18(15,25)19(20,21)22/h2-10,25H,1H3. The fraction of sp³-hybridized carbons (Fsp3) is 0.158. The van der Waals surface area contributed by atoms with E-state index in [9.17, 15) is 18.3 Å². The van der Waals surface area contributed by atoms with Gasteiger partial charge in [-0.3, -0.25) is 0 Å². The van der Waals surface area contributed by atoms with E-state index in [4.69, 9.17) is 0 Å². The van der Waals surface area contributed by atoms with Gasteiger partial charge in [0.25, 0.3) is 0 Å². The second kappa shape index (κ2) is 5.13. The van der Waals surface area contributed by atoms with Crippen molar-refractivity contribution in [3.63, 3.8) is 0 Å². The predicted octanol–water partition coefficient (Wildman–Crippen LogP) is 4.23. The fourth-order valence-corrected chi connectivity index (χ4v) is 3.56. The summed E-state index contributed by atoms with van der Waals surface area (Å²) >= 11 is 0. The van der Waals surface area contributed by atoms with Crippen LogP contribution >= 0.6 is 0 Å². The highest BCUT2D eigenvalue weighted by atomic mass is 19.4. The molecule has 0 spiro atoms. The van der Waals surface area contributed by atoms with Crippen molar-refractivity contribution in [1.29, 1.82) is 0 Å². The molecule has 1 aliphatic carbocycles. The molecule has 1 heterocycles. The molecule has 0 saturated heterocycles. The van der Waals surface area contributed by atoms with Crippen molar-refractivity contribution in [1.82, 2.24) is 9.97 Å². The molecular formula is C19H13F3N2O. The van der Waals surface area contributed by atoms with Gasteiger partial charge in [0.05, 0.1) is 0 Å². The third-order valence-electron chi connectivity index (χ3n) is 4.65. The third kappa shape index (κ3) is 2.04. The maximum atomic E-state index is 13.9. The molecule has 1 aliphatic rings. The summed E-state index contributed by atoms with van der Waals surface area (Å²) in [6.07, 6.45) is -0.359. The minimum absolute atomic E-state index is 0.152. The van der Waals surface area contributed by atoms with Crippen LogP contribution in [0.4, 0.5) is 13.2 Å². The van der Waals surface area contributed by atoms with Crippen LogP contribution < -0.4 is 0 Å². The van der Waals surface area contributed by atoms with E-state index >= 15 is 0 Å². The molecule has 0 bridgehead atoms. The molecule has 0 amide bonds. The number of rotatable bonds is 1. The zero-order chi connectivity index (χ0) is 17.8. The van der Waals surface area contributed by atoms with Crippen LogP contribution in [0.1, 0.15) is 16.7 Å². The van der Waals surface area contributed by atoms with Gasteiger partial charge in [0.1, 0.15) is 6.33 Å². The summed E-state index contributed by atoms with van der Waals surface area (Å²) in [6.45, 7) is 1.82. The summed E-state index contributed by atoms with van der Waals surface area (Å²) in [5.41, 5.74) is -0.590. The zero-order valence-electron chi connectivity index (χ0n) is 13.2. The molecule has 2 aromatic carbocycles. The van der Waals surface area contributed by atoms with Gasteiger partial charge in [-0.15, -0.1) is 0 Å². The maximum Gasteiger partial charge on any atom is 0.425 e. The molecule has 0 aliphatic heterocycles. The lowest BCUT2D eigenvalue weighted by Gasteiger charge is -2.28. The molecule has 0 radical (unpaired) electrons. The van der Waals surface area contributed by atoms with Crippen LogP contribution in [0.25, 0.3) is 22.3 Å². The van der Waals surface area contributed by atoms with Gasteiger partial charge in [-0.1, -0.05) is 36.4 Å². The molecule has 25 heavy (non-hydrogen) atoms. The van der Waals surface area contributed by atoms with Crippen LogP contribution in [-0.4, -0.2) is 21.3 Å². The van der Waals surface area contributed by atoms with Crippen molar-refractivity contribution in [2.45, 2.75) is 18.7 Å². The van der Waals surface area contributed by atoms with E-state index in [-0.39, 0.29) is 11.1 Å². The van der Waals surface area contributed by atoms with E-state index in [1.54, 1.807) is 30.6 Å². The van der Waals surface area contributed by atoms with Crippen LogP contribution in [0.2, 0.25) is 0 Å². The minimum atomic E-state index is -4.84. The molecule has 4 rings (SSSR count). The second-order valence-corrected chi connectivity index (χ2v) is 6.06. The number of hydrogen-bond acceptors (Lipinski definition) is 3. The monoisotopic (exact) mass is 342 g/mol. The number of benzene rings is 2. The van der Waals surface area contributed by atoms with Crippen molar-refractivity contribution < 1.29 is 18.3 Å². The van der Waals surface area contributed by atoms with E-state index in [2.05, 4.69) is 9.97 Å². The largest absolute Gasteiger partial charge is 0.425 e. The summed E-state index contributed by atoms with van der Waals surface area (Å²) in [7, 11) is 0. The molecule has 0 fully saturated rings. The molecule has 1 N–H and O–H groups in total.